The van der Waals surface area contributed by atoms with Crippen molar-refractivity contribution in [3.63, 3.8) is 0 Å². The number of nitrogens with one attached hydrogen (secondary N) is 3. The summed E-state index contributed by atoms with van der Waals surface area (Å²) in [5, 5.41) is 34.3. The van der Waals surface area contributed by atoms with Crippen molar-refractivity contribution in [2.24, 2.45) is 16.7 Å². The van der Waals surface area contributed by atoms with Gasteiger partial charge in [-0.1, -0.05) is 120 Å². The summed E-state index contributed by atoms with van der Waals surface area (Å²) in [6.07, 6.45) is 12.5. The molecule has 10 aliphatic rings. The van der Waals surface area contributed by atoms with Crippen LogP contribution in [-0.2, 0) is 60.7 Å². The number of amides is 2. The van der Waals surface area contributed by atoms with Gasteiger partial charge in [-0.15, -0.1) is 0 Å². The van der Waals surface area contributed by atoms with E-state index in [9.17, 15) is 29.4 Å². The van der Waals surface area contributed by atoms with E-state index >= 15 is 4.79 Å². The molecule has 5 N–H and O–H groups in total. The number of H-pyrrole nitrogens is 1. The molecule has 32 heteroatoms. The number of ether oxygens (including phenoxy) is 7. The zero-order chi connectivity index (χ0) is 78.4. The lowest BCUT2D eigenvalue weighted by Crippen LogP contribution is -2.81. The van der Waals surface area contributed by atoms with Gasteiger partial charge < -0.3 is 68.8 Å². The molecule has 2 aliphatic carbocycles. The molecule has 8 aliphatic heterocycles. The van der Waals surface area contributed by atoms with Crippen molar-refractivity contribution >= 4 is 84.2 Å². The molecule has 14 rings (SSSR count). The quantitative estimate of drug-likeness (QED) is 0.0217. The third-order valence-electron chi connectivity index (χ3n) is 24.5. The predicted octanol–water partition coefficient (Wildman–Crippen LogP) is 12.3. The molecule has 2 saturated heterocycles. The summed E-state index contributed by atoms with van der Waals surface area (Å²) in [5.41, 5.74) is 1.40. The fourth-order valence-corrected chi connectivity index (χ4v) is 21.8. The maximum absolute atomic E-state index is 15.4. The molecule has 4 fully saturated rings. The van der Waals surface area contributed by atoms with Gasteiger partial charge in [0.2, 0.25) is 0 Å². The largest absolute Gasteiger partial charge is 0.497 e. The lowest BCUT2D eigenvalue weighted by Gasteiger charge is -2.64. The number of likely N-dealkylation sites (N-methyl/N-ethyl adjacent to an activating group) is 2. The van der Waals surface area contributed by atoms with E-state index < -0.39 is 86.7 Å². The number of hydrogen-bond acceptors (Lipinski definition) is 19. The van der Waals surface area contributed by atoms with Crippen molar-refractivity contribution in [1.29, 1.82) is 0 Å². The molecule has 3 aromatic carbocycles. The van der Waals surface area contributed by atoms with Gasteiger partial charge in [0.15, 0.2) is 0 Å². The highest BCUT2D eigenvalue weighted by Crippen LogP contribution is 2.70. The Labute approximate surface area is 640 Å². The summed E-state index contributed by atoms with van der Waals surface area (Å²) in [6, 6.07) is 17.3. The minimum absolute atomic E-state index is 0. The Morgan fingerprint density at radius 2 is 1.18 bits per heavy atom. The average Bonchev–Trinajstić information content (AvgIpc) is 1.48. The second-order valence-corrected chi connectivity index (χ2v) is 30.5. The number of para-hydroxylation sites is 1. The molecule has 15 atom stereocenters. The first-order chi connectivity index (χ1) is 51.5. The minimum Gasteiger partial charge on any atom is -0.497 e. The van der Waals surface area contributed by atoms with E-state index in [0.29, 0.717) is 54.2 Å². The van der Waals surface area contributed by atoms with E-state index in [1.165, 1.54) is 26.5 Å². The highest BCUT2D eigenvalue weighted by molar-refractivity contribution is 9.09. The molecule has 1 unspecified atom stereocenters. The van der Waals surface area contributed by atoms with Crippen molar-refractivity contribution < 1.29 is 104 Å². The Hall–Kier alpha value is -7.23. The number of methoxy groups -OCH3 is 3. The number of carbonyl (C=O) groups excluding carboxylic acids is 5. The van der Waals surface area contributed by atoms with Gasteiger partial charge >= 0.3 is 30.1 Å². The van der Waals surface area contributed by atoms with Crippen LogP contribution in [0, 0.1) is 16.7 Å². The van der Waals surface area contributed by atoms with Gasteiger partial charge in [0.1, 0.15) is 53.5 Å². The van der Waals surface area contributed by atoms with Crippen molar-refractivity contribution in [3.8, 4) is 11.5 Å². The summed E-state index contributed by atoms with van der Waals surface area (Å²) in [7, 11) is 8.71. The molecule has 4 aromatic rings. The number of alkyl halides is 2. The maximum atomic E-state index is 15.4. The summed E-state index contributed by atoms with van der Waals surface area (Å²) in [6.45, 7) is 14.7. The molecule has 9 heterocycles. The first-order valence-corrected chi connectivity index (χ1v) is 37.9. The normalized spacial score (nSPS) is 31.4. The van der Waals surface area contributed by atoms with Crippen LogP contribution in [0.5, 0.6) is 11.5 Å². The maximum Gasteiger partial charge on any atom is 0.407 e. The van der Waals surface area contributed by atoms with Gasteiger partial charge in [0.25, 0.3) is 0 Å². The lowest BCUT2D eigenvalue weighted by molar-refractivity contribution is -0.217. The monoisotopic (exact) mass is 1660 g/mol. The third kappa shape index (κ3) is 13.9. The van der Waals surface area contributed by atoms with Crippen LogP contribution in [0.2, 0.25) is 0 Å². The Morgan fingerprint density at radius 1 is 0.657 bits per heavy atom. The third-order valence-corrected chi connectivity index (χ3v) is 25.2. The van der Waals surface area contributed by atoms with Gasteiger partial charge in [-0.3, -0.25) is 29.1 Å². The van der Waals surface area contributed by atoms with Crippen LogP contribution in [0.4, 0.5) is 57.6 Å². The van der Waals surface area contributed by atoms with Crippen molar-refractivity contribution in [3.05, 3.63) is 118 Å². The van der Waals surface area contributed by atoms with Gasteiger partial charge in [-0.25, -0.2) is 9.59 Å². The summed E-state index contributed by atoms with van der Waals surface area (Å²) >= 11 is 6.59. The second kappa shape index (κ2) is 35.4. The first kappa shape index (κ1) is 86.4. The number of anilines is 2. The number of fused-ring (bicyclic) bond motifs is 7. The number of rotatable bonds is 17. The van der Waals surface area contributed by atoms with Crippen LogP contribution in [-0.4, -0.2) is 226 Å². The summed E-state index contributed by atoms with van der Waals surface area (Å²) in [4.78, 5) is 82.4. The average molecular weight is 1660 g/mol. The van der Waals surface area contributed by atoms with Crippen LogP contribution < -0.4 is 29.9 Å². The predicted molar refractivity (Wildman–Crippen MR) is 398 cm³/mol. The molecule has 1 aromatic heterocycles. The highest BCUT2D eigenvalue weighted by Gasteiger charge is 2.80. The molecule has 2 saturated carbocycles. The van der Waals surface area contributed by atoms with Gasteiger partial charge in [-0.2, -0.15) is 0 Å². The van der Waals surface area contributed by atoms with Crippen LogP contribution in [0.3, 0.4) is 0 Å². The number of carbonyl (C=O) groups is 5. The Morgan fingerprint density at radius 3 is 1.66 bits per heavy atom. The fraction of sp³-hybridized carbons (Fsp3) is 0.592. The molecular formula is C76H100Br2F8N8O14. The van der Waals surface area contributed by atoms with Gasteiger partial charge in [-0.05, 0) is 98.8 Å². The van der Waals surface area contributed by atoms with Crippen LogP contribution in [0.15, 0.2) is 90.6 Å². The number of hydrogen-bond donors (Lipinski definition) is 5. The van der Waals surface area contributed by atoms with Gasteiger partial charge in [0.05, 0.1) is 46.5 Å². The van der Waals surface area contributed by atoms with Crippen molar-refractivity contribution in [1.82, 2.24) is 30.3 Å². The fourth-order valence-electron chi connectivity index (χ4n) is 21.4. The molecule has 2 amide bonds. The number of esters is 3. The van der Waals surface area contributed by atoms with E-state index in [2.05, 4.69) is 153 Å². The van der Waals surface area contributed by atoms with Gasteiger partial charge in [0, 0.05) is 187 Å². The first-order valence-electron chi connectivity index (χ1n) is 35.7. The molecule has 22 nitrogen and oxygen atoms in total. The highest BCUT2D eigenvalue weighted by atomic mass is 79.9. The zero-order valence-electron chi connectivity index (χ0n) is 61.6. The zero-order valence-corrected chi connectivity index (χ0v) is 64.7. The Balaban J connectivity index is 0.000000273. The number of aromatic nitrogens is 1. The molecule has 598 valence electrons. The van der Waals surface area contributed by atoms with Crippen LogP contribution in [0.1, 0.15) is 109 Å². The van der Waals surface area contributed by atoms with E-state index in [0.717, 1.165) is 109 Å². The molecule has 2 bridgehead atoms. The number of nitrogens with zero attached hydrogens (tertiary/aromatic N) is 5. The second-order valence-electron chi connectivity index (χ2n) is 29.0. The number of benzene rings is 3. The van der Waals surface area contributed by atoms with Crippen LogP contribution in [0.25, 0.3) is 10.9 Å². The number of alkyl carbamates (subject to hydrolysis) is 2. The minimum atomic E-state index is -1.82. The van der Waals surface area contributed by atoms with E-state index in [1.54, 1.807) is 14.2 Å². The SMILES string of the molecule is C.CCC1=C[C@@H]2CN(CCc3c([nH]c4ccccc34)[C@@](C(=O)OC)(c3cc4c(cc3OC)N(C)[C@H]3[C@@](O)(CNC(=O)OCCBr)[C@H](OC(C)=O)[C@]5(CC)C=CCN6CC[C@]43[C@@H]65)C2)C1.CC[C@]12C=CCN3CC[C@@]4(c5ccc(OC)cc5N(C)[C@H]4[C@@](O)(CNC(=O)OCCBr)[C@@H]1OC(C)=O)[C@@H]32.FF.FF.FF.FF. The van der Waals surface area contributed by atoms with E-state index in [4.69, 9.17) is 69.8 Å². The van der Waals surface area contributed by atoms with E-state index in [-0.39, 0.29) is 57.7 Å². The number of aliphatic hydroxyl groups is 2. The van der Waals surface area contributed by atoms with Crippen molar-refractivity contribution in [2.75, 3.05) is 128 Å². The topological polar surface area (TPSA) is 246 Å². The molecule has 0 radical (unpaired) electrons. The molecule has 2 spiro atoms. The van der Waals surface area contributed by atoms with Crippen molar-refractivity contribution in [2.45, 2.75) is 151 Å². The number of aromatic amines is 1. The van der Waals surface area contributed by atoms with E-state index in [1.807, 2.05) is 38.4 Å². The summed E-state index contributed by atoms with van der Waals surface area (Å²) in [5.74, 6) is -0.0563. The lowest BCUT2D eigenvalue weighted by atomic mass is 9.47. The summed E-state index contributed by atoms with van der Waals surface area (Å²) < 4.78 is 105. The number of halogens is 10. The Kier molecular flexibility index (Phi) is 28.3. The standard InChI is InChI=1S/C48H60BrN5O8.C27H36BrN3O6.CH4.4F2/c1-7-30-22-31-25-47(43(56)60-6,39-33(14-19-53(26-30)27-31)32-12-9-10-13-36(32)51-39)35-23-34-37(24-38(35)59-5)52(4)41-46(34)16-20-54-18-11-15-45(8-2,40(46)54)42(62-29(3)55)48(41,58)28-50-44(57)61-21-17-49;1-5-25-9-6-12-31-13-10-26(21(25)31)19-8-7-18(35-4)15-20(19)30(3)22(26)27(34,23(25)37-17(2)32)16-29-24(33)36-14-11-28;;4*1-2/h9-13,15,22-24,31,40-42,51,58H,7-8,14,16-21,25-28H2,1-6H3,(H,50,57);6-9,15,21-23,34H,5,10-14,16H2,1-4H3,(H,29,33);1H4;;;;/t31-,40-,41+,42+,45+,46+,47-,48-;21-,22+,23+,25+,26+,27-;;;;;/m00...../s1. The smallest absolute Gasteiger partial charge is 0.407 e. The molecule has 108 heavy (non-hydrogen) atoms. The molecular weight excluding hydrogens is 1560 g/mol. The Bertz CT molecular complexity index is 3960. The van der Waals surface area contributed by atoms with Crippen LogP contribution >= 0.6 is 31.9 Å².